The second-order valence-electron chi connectivity index (χ2n) is 4.07. The van der Waals surface area contributed by atoms with Gasteiger partial charge in [0, 0.05) is 17.5 Å². The maximum atomic E-state index is 13.7. The van der Waals surface area contributed by atoms with Crippen molar-refractivity contribution in [2.24, 2.45) is 0 Å². The lowest BCUT2D eigenvalue weighted by Gasteiger charge is -2.05. The molecule has 2 aromatic rings. The van der Waals surface area contributed by atoms with E-state index in [1.807, 2.05) is 0 Å². The fourth-order valence-electron chi connectivity index (χ4n) is 1.66. The highest BCUT2D eigenvalue weighted by Gasteiger charge is 2.18. The van der Waals surface area contributed by atoms with Gasteiger partial charge in [0.2, 0.25) is 0 Å². The molecule has 0 aliphatic heterocycles. The number of hydrogen-bond donors (Lipinski definition) is 0. The van der Waals surface area contributed by atoms with E-state index in [0.717, 1.165) is 0 Å². The van der Waals surface area contributed by atoms with E-state index in [9.17, 15) is 13.6 Å². The van der Waals surface area contributed by atoms with Crippen LogP contribution in [0, 0.1) is 25.5 Å². The molecule has 0 radical (unpaired) electrons. The van der Waals surface area contributed by atoms with E-state index >= 15 is 0 Å². The van der Waals surface area contributed by atoms with Crippen LogP contribution in [0.1, 0.15) is 27.2 Å². The molecular formula is C14H11F2NO. The first-order chi connectivity index (χ1) is 8.50. The van der Waals surface area contributed by atoms with Crippen molar-refractivity contribution in [2.45, 2.75) is 13.8 Å². The fraction of sp³-hybridized carbons (Fsp3) is 0.143. The van der Waals surface area contributed by atoms with Gasteiger partial charge in [0.25, 0.3) is 0 Å². The molecule has 92 valence electrons. The molecule has 0 amide bonds. The van der Waals surface area contributed by atoms with Gasteiger partial charge in [0.05, 0.1) is 5.56 Å². The predicted octanol–water partition coefficient (Wildman–Crippen LogP) is 3.21. The normalized spacial score (nSPS) is 10.4. The Morgan fingerprint density at radius 3 is 2.50 bits per heavy atom. The van der Waals surface area contributed by atoms with Crippen LogP contribution < -0.4 is 0 Å². The number of ketones is 1. The van der Waals surface area contributed by atoms with Gasteiger partial charge in [-0.05, 0) is 37.6 Å². The Morgan fingerprint density at radius 1 is 1.11 bits per heavy atom. The summed E-state index contributed by atoms with van der Waals surface area (Å²) in [6.45, 7) is 3.17. The number of carbonyl (C=O) groups excluding carboxylic acids is 1. The molecule has 1 aromatic carbocycles. The second kappa shape index (κ2) is 4.64. The number of halogens is 2. The molecule has 4 heteroatoms. The maximum Gasteiger partial charge on any atom is 0.196 e. The third-order valence-electron chi connectivity index (χ3n) is 2.68. The average Bonchev–Trinajstić information content (AvgIpc) is 2.35. The number of hydrogen-bond acceptors (Lipinski definition) is 2. The molecule has 2 nitrogen and oxygen atoms in total. The van der Waals surface area contributed by atoms with Crippen molar-refractivity contribution in [3.63, 3.8) is 0 Å². The number of rotatable bonds is 2. The SMILES string of the molecule is Cc1cc(C(=O)c2ccc(C)c(F)c2F)ccn1. The second-order valence-corrected chi connectivity index (χ2v) is 4.07. The Kier molecular flexibility index (Phi) is 3.19. The van der Waals surface area contributed by atoms with Gasteiger partial charge >= 0.3 is 0 Å². The number of carbonyl (C=O) groups is 1. The molecule has 1 heterocycles. The fourth-order valence-corrected chi connectivity index (χ4v) is 1.66. The Morgan fingerprint density at radius 2 is 1.83 bits per heavy atom. The number of benzene rings is 1. The maximum absolute atomic E-state index is 13.7. The smallest absolute Gasteiger partial charge is 0.196 e. The van der Waals surface area contributed by atoms with Crippen molar-refractivity contribution in [2.75, 3.05) is 0 Å². The van der Waals surface area contributed by atoms with E-state index in [0.29, 0.717) is 11.3 Å². The summed E-state index contributed by atoms with van der Waals surface area (Å²) in [7, 11) is 0. The van der Waals surface area contributed by atoms with E-state index in [4.69, 9.17) is 0 Å². The van der Waals surface area contributed by atoms with Crippen molar-refractivity contribution >= 4 is 5.78 Å². The van der Waals surface area contributed by atoms with Crippen LogP contribution in [0.5, 0.6) is 0 Å². The van der Waals surface area contributed by atoms with E-state index in [1.165, 1.54) is 31.3 Å². The number of nitrogens with zero attached hydrogens (tertiary/aromatic N) is 1. The minimum absolute atomic E-state index is 0.176. The summed E-state index contributed by atoms with van der Waals surface area (Å²) in [5.74, 6) is -2.63. The summed E-state index contributed by atoms with van der Waals surface area (Å²) in [5, 5.41) is 0. The number of aromatic nitrogens is 1. The first-order valence-corrected chi connectivity index (χ1v) is 5.42. The summed E-state index contributed by atoms with van der Waals surface area (Å²) in [5.41, 5.74) is 0.858. The van der Waals surface area contributed by atoms with Crippen LogP contribution in [-0.4, -0.2) is 10.8 Å². The molecule has 0 spiro atoms. The minimum Gasteiger partial charge on any atom is -0.288 e. The van der Waals surface area contributed by atoms with Gasteiger partial charge < -0.3 is 0 Å². The van der Waals surface area contributed by atoms with Gasteiger partial charge in [0.15, 0.2) is 17.4 Å². The van der Waals surface area contributed by atoms with Gasteiger partial charge in [-0.15, -0.1) is 0 Å². The van der Waals surface area contributed by atoms with Crippen molar-refractivity contribution in [3.8, 4) is 0 Å². The summed E-state index contributed by atoms with van der Waals surface area (Å²) in [4.78, 5) is 16.0. The van der Waals surface area contributed by atoms with Crippen LogP contribution in [0.2, 0.25) is 0 Å². The topological polar surface area (TPSA) is 30.0 Å². The predicted molar refractivity (Wildman–Crippen MR) is 63.5 cm³/mol. The lowest BCUT2D eigenvalue weighted by molar-refractivity contribution is 0.103. The van der Waals surface area contributed by atoms with Crippen molar-refractivity contribution in [1.82, 2.24) is 4.98 Å². The van der Waals surface area contributed by atoms with Gasteiger partial charge in [-0.25, -0.2) is 8.78 Å². The van der Waals surface area contributed by atoms with E-state index in [1.54, 1.807) is 13.0 Å². The molecule has 0 atom stereocenters. The highest BCUT2D eigenvalue weighted by molar-refractivity contribution is 6.09. The number of aryl methyl sites for hydroxylation is 2. The zero-order chi connectivity index (χ0) is 13.3. The summed E-state index contributed by atoms with van der Waals surface area (Å²) >= 11 is 0. The van der Waals surface area contributed by atoms with E-state index in [2.05, 4.69) is 4.98 Å². The lowest BCUT2D eigenvalue weighted by atomic mass is 10.0. The highest BCUT2D eigenvalue weighted by atomic mass is 19.2. The van der Waals surface area contributed by atoms with Gasteiger partial charge in [-0.3, -0.25) is 9.78 Å². The minimum atomic E-state index is -1.10. The monoisotopic (exact) mass is 247 g/mol. The average molecular weight is 247 g/mol. The third-order valence-corrected chi connectivity index (χ3v) is 2.68. The van der Waals surface area contributed by atoms with Crippen LogP contribution >= 0.6 is 0 Å². The quantitative estimate of drug-likeness (QED) is 0.763. The standard InChI is InChI=1S/C14H11F2NO/c1-8-3-4-11(13(16)12(8)15)14(18)10-5-6-17-9(2)7-10/h3-7H,1-2H3. The zero-order valence-electron chi connectivity index (χ0n) is 10.00. The van der Waals surface area contributed by atoms with Gasteiger partial charge in [-0.2, -0.15) is 0 Å². The molecule has 0 unspecified atom stereocenters. The van der Waals surface area contributed by atoms with Crippen LogP contribution in [0.4, 0.5) is 8.78 Å². The van der Waals surface area contributed by atoms with Crippen molar-refractivity contribution in [1.29, 1.82) is 0 Å². The molecular weight excluding hydrogens is 236 g/mol. The van der Waals surface area contributed by atoms with E-state index in [-0.39, 0.29) is 11.1 Å². The van der Waals surface area contributed by atoms with E-state index < -0.39 is 17.4 Å². The Labute approximate surface area is 103 Å². The van der Waals surface area contributed by atoms with Crippen LogP contribution in [0.3, 0.4) is 0 Å². The first-order valence-electron chi connectivity index (χ1n) is 5.42. The largest absolute Gasteiger partial charge is 0.288 e. The Bertz CT molecular complexity index is 623. The summed E-state index contributed by atoms with van der Waals surface area (Å²) in [6.07, 6.45) is 1.46. The Hall–Kier alpha value is -2.10. The van der Waals surface area contributed by atoms with Crippen LogP contribution in [0.25, 0.3) is 0 Å². The summed E-state index contributed by atoms with van der Waals surface area (Å²) < 4.78 is 27.1. The molecule has 0 aliphatic carbocycles. The molecule has 0 saturated carbocycles. The number of pyridine rings is 1. The molecule has 2 rings (SSSR count). The zero-order valence-corrected chi connectivity index (χ0v) is 10.00. The molecule has 0 bridgehead atoms. The summed E-state index contributed by atoms with van der Waals surface area (Å²) in [6, 6.07) is 5.71. The molecule has 0 fully saturated rings. The van der Waals surface area contributed by atoms with Crippen molar-refractivity contribution < 1.29 is 13.6 Å². The van der Waals surface area contributed by atoms with Crippen LogP contribution in [-0.2, 0) is 0 Å². The third kappa shape index (κ3) is 2.14. The molecule has 0 N–H and O–H groups in total. The van der Waals surface area contributed by atoms with Crippen LogP contribution in [0.15, 0.2) is 30.5 Å². The Balaban J connectivity index is 2.50. The molecule has 0 saturated heterocycles. The first kappa shape index (κ1) is 12.4. The molecule has 18 heavy (non-hydrogen) atoms. The van der Waals surface area contributed by atoms with Gasteiger partial charge in [-0.1, -0.05) is 6.07 Å². The van der Waals surface area contributed by atoms with Gasteiger partial charge in [0.1, 0.15) is 0 Å². The molecule has 0 aliphatic rings. The highest BCUT2D eigenvalue weighted by Crippen LogP contribution is 2.19. The lowest BCUT2D eigenvalue weighted by Crippen LogP contribution is -2.07. The van der Waals surface area contributed by atoms with Crippen molar-refractivity contribution in [3.05, 3.63) is 64.5 Å². The molecule has 1 aromatic heterocycles.